The van der Waals surface area contributed by atoms with Crippen molar-refractivity contribution in [2.45, 2.75) is 39.5 Å². The molecule has 0 aromatic carbocycles. The lowest BCUT2D eigenvalue weighted by Crippen LogP contribution is -2.09. The highest BCUT2D eigenvalue weighted by atomic mass is 14.8. The summed E-state index contributed by atoms with van der Waals surface area (Å²) < 4.78 is 0. The van der Waals surface area contributed by atoms with Gasteiger partial charge in [0.25, 0.3) is 0 Å². The summed E-state index contributed by atoms with van der Waals surface area (Å²) in [7, 11) is 0. The summed E-state index contributed by atoms with van der Waals surface area (Å²) >= 11 is 0. The summed E-state index contributed by atoms with van der Waals surface area (Å²) in [5, 5.41) is 0. The van der Waals surface area contributed by atoms with Crippen LogP contribution in [0.15, 0.2) is 28.4 Å². The molecule has 1 rings (SSSR count). The fourth-order valence-electron chi connectivity index (χ4n) is 2.01. The molecule has 0 heterocycles. The van der Waals surface area contributed by atoms with Crippen molar-refractivity contribution in [3.05, 3.63) is 23.4 Å². The van der Waals surface area contributed by atoms with Crippen LogP contribution in [0.5, 0.6) is 0 Å². The molecule has 0 fully saturated rings. The first-order valence-electron chi connectivity index (χ1n) is 5.20. The number of aliphatic imine (C=N–C) groups is 1. The third-order valence-corrected chi connectivity index (χ3v) is 3.03. The molecule has 0 saturated carbocycles. The summed E-state index contributed by atoms with van der Waals surface area (Å²) in [6.07, 6.45) is 6.01. The van der Waals surface area contributed by atoms with E-state index in [9.17, 15) is 0 Å². The lowest BCUT2D eigenvalue weighted by molar-refractivity contribution is 0.450. The minimum atomic E-state index is 0.717. The molecule has 1 unspecified atom stereocenters. The van der Waals surface area contributed by atoms with E-state index in [-0.39, 0.29) is 0 Å². The first kappa shape index (κ1) is 11.0. The molecule has 0 aromatic heterocycles. The molecule has 0 bridgehead atoms. The van der Waals surface area contributed by atoms with Crippen molar-refractivity contribution < 1.29 is 0 Å². The van der Waals surface area contributed by atoms with Gasteiger partial charge in [0, 0.05) is 5.70 Å². The van der Waals surface area contributed by atoms with E-state index >= 15 is 0 Å². The van der Waals surface area contributed by atoms with Crippen molar-refractivity contribution in [3.8, 4) is 0 Å². The van der Waals surface area contributed by atoms with Crippen LogP contribution in [0.3, 0.4) is 0 Å². The molecule has 0 aliphatic heterocycles. The second kappa shape index (κ2) is 4.99. The maximum Gasteiger partial charge on any atom is 0.0855 e. The summed E-state index contributed by atoms with van der Waals surface area (Å²) in [6, 6.07) is 0. The van der Waals surface area contributed by atoms with Crippen LogP contribution in [0.4, 0.5) is 0 Å². The number of hydrogen-bond donors (Lipinski definition) is 1. The van der Waals surface area contributed by atoms with E-state index in [1.54, 1.807) is 11.1 Å². The fraction of sp³-hybridized carbons (Fsp3) is 0.583. The molecular weight excluding hydrogens is 172 g/mol. The minimum absolute atomic E-state index is 0.717. The Bertz CT molecular complexity index is 274. The van der Waals surface area contributed by atoms with E-state index in [0.717, 1.165) is 18.0 Å². The number of nitrogens with zero attached hydrogens (tertiary/aromatic N) is 1. The average Bonchev–Trinajstić information content (AvgIpc) is 2.12. The van der Waals surface area contributed by atoms with E-state index in [1.165, 1.54) is 25.6 Å². The number of hydrogen-bond acceptors (Lipinski definition) is 1. The van der Waals surface area contributed by atoms with Crippen LogP contribution in [-0.4, -0.2) is 6.34 Å². The van der Waals surface area contributed by atoms with Crippen molar-refractivity contribution in [1.29, 1.82) is 0 Å². The Kier molecular flexibility index (Phi) is 3.93. The van der Waals surface area contributed by atoms with Gasteiger partial charge in [0.15, 0.2) is 0 Å². The molecule has 2 N–H and O–H groups in total. The summed E-state index contributed by atoms with van der Waals surface area (Å²) in [5.41, 5.74) is 9.24. The average molecular weight is 192 g/mol. The Balaban J connectivity index is 2.46. The first-order valence-corrected chi connectivity index (χ1v) is 5.20. The molecule has 2 nitrogen and oxygen atoms in total. The first-order chi connectivity index (χ1) is 6.63. The Hall–Kier alpha value is -1.05. The summed E-state index contributed by atoms with van der Waals surface area (Å²) in [5.74, 6) is 0.717. The van der Waals surface area contributed by atoms with Crippen molar-refractivity contribution in [2.75, 3.05) is 0 Å². The van der Waals surface area contributed by atoms with Gasteiger partial charge in [0.2, 0.25) is 0 Å². The van der Waals surface area contributed by atoms with Gasteiger partial charge in [0.1, 0.15) is 0 Å². The van der Waals surface area contributed by atoms with E-state index in [2.05, 4.69) is 25.4 Å². The zero-order valence-corrected chi connectivity index (χ0v) is 9.21. The fourth-order valence-corrected chi connectivity index (χ4v) is 2.01. The predicted molar refractivity (Wildman–Crippen MR) is 62.2 cm³/mol. The van der Waals surface area contributed by atoms with Crippen LogP contribution < -0.4 is 5.73 Å². The van der Waals surface area contributed by atoms with Crippen molar-refractivity contribution >= 4 is 6.34 Å². The maximum atomic E-state index is 5.22. The van der Waals surface area contributed by atoms with Gasteiger partial charge in [-0.3, -0.25) is 0 Å². The van der Waals surface area contributed by atoms with E-state index in [4.69, 9.17) is 5.73 Å². The summed E-state index contributed by atoms with van der Waals surface area (Å²) in [4.78, 5) is 4.01. The van der Waals surface area contributed by atoms with Gasteiger partial charge in [-0.2, -0.15) is 0 Å². The maximum absolute atomic E-state index is 5.22. The Morgan fingerprint density at radius 1 is 1.57 bits per heavy atom. The third kappa shape index (κ3) is 3.02. The second-order valence-corrected chi connectivity index (χ2v) is 4.22. The lowest BCUT2D eigenvalue weighted by atomic mass is 9.83. The molecule has 2 heteroatoms. The minimum Gasteiger partial charge on any atom is -0.390 e. The number of allylic oxidation sites excluding steroid dienone is 3. The Morgan fingerprint density at radius 3 is 2.86 bits per heavy atom. The molecule has 1 atom stereocenters. The smallest absolute Gasteiger partial charge is 0.0855 e. The molecule has 1 aliphatic carbocycles. The molecule has 0 radical (unpaired) electrons. The van der Waals surface area contributed by atoms with Crippen LogP contribution in [0.25, 0.3) is 0 Å². The highest BCUT2D eigenvalue weighted by molar-refractivity contribution is 5.53. The number of rotatable bonds is 3. The standard InChI is InChI=1S/C12H20N2/c1-9-4-5-12(6-10(9)2)7-11(3)14-8-13/h8,12H,3-7H2,1-2H3,(H2,13,14). The van der Waals surface area contributed by atoms with E-state index in [1.807, 2.05) is 0 Å². The molecule has 14 heavy (non-hydrogen) atoms. The second-order valence-electron chi connectivity index (χ2n) is 4.22. The van der Waals surface area contributed by atoms with E-state index < -0.39 is 0 Å². The zero-order valence-electron chi connectivity index (χ0n) is 9.21. The van der Waals surface area contributed by atoms with Crippen LogP contribution in [0.2, 0.25) is 0 Å². The van der Waals surface area contributed by atoms with Crippen molar-refractivity contribution in [3.63, 3.8) is 0 Å². The SMILES string of the molecule is C=C(CC1CCC(C)=C(C)C1)N=CN. The Labute approximate surface area is 86.6 Å². The molecule has 78 valence electrons. The highest BCUT2D eigenvalue weighted by Gasteiger charge is 2.16. The normalized spacial score (nSPS) is 23.1. The lowest BCUT2D eigenvalue weighted by Gasteiger charge is -2.24. The van der Waals surface area contributed by atoms with Gasteiger partial charge in [-0.15, -0.1) is 0 Å². The van der Waals surface area contributed by atoms with Crippen LogP contribution >= 0.6 is 0 Å². The van der Waals surface area contributed by atoms with Gasteiger partial charge >= 0.3 is 0 Å². The van der Waals surface area contributed by atoms with Crippen LogP contribution in [0.1, 0.15) is 39.5 Å². The topological polar surface area (TPSA) is 38.4 Å². The number of nitrogens with two attached hydrogens (primary N) is 1. The quantitative estimate of drug-likeness (QED) is 0.416. The van der Waals surface area contributed by atoms with Gasteiger partial charge in [-0.1, -0.05) is 17.7 Å². The predicted octanol–water partition coefficient (Wildman–Crippen LogP) is 3.01. The van der Waals surface area contributed by atoms with Crippen molar-refractivity contribution in [1.82, 2.24) is 0 Å². The molecule has 0 amide bonds. The third-order valence-electron chi connectivity index (χ3n) is 3.03. The van der Waals surface area contributed by atoms with Crippen LogP contribution in [-0.2, 0) is 0 Å². The zero-order chi connectivity index (χ0) is 10.6. The Morgan fingerprint density at radius 2 is 2.29 bits per heavy atom. The van der Waals surface area contributed by atoms with Crippen molar-refractivity contribution in [2.24, 2.45) is 16.6 Å². The van der Waals surface area contributed by atoms with E-state index in [0.29, 0.717) is 0 Å². The molecule has 0 saturated heterocycles. The molecular formula is C12H20N2. The molecule has 1 aliphatic rings. The van der Waals surface area contributed by atoms with Gasteiger partial charge < -0.3 is 5.73 Å². The highest BCUT2D eigenvalue weighted by Crippen LogP contribution is 2.32. The molecule has 0 spiro atoms. The van der Waals surface area contributed by atoms with Gasteiger partial charge in [0.05, 0.1) is 6.34 Å². The largest absolute Gasteiger partial charge is 0.390 e. The van der Waals surface area contributed by atoms with Crippen LogP contribution in [0, 0.1) is 5.92 Å². The monoisotopic (exact) mass is 192 g/mol. The van der Waals surface area contributed by atoms with Gasteiger partial charge in [-0.25, -0.2) is 4.99 Å². The van der Waals surface area contributed by atoms with Gasteiger partial charge in [-0.05, 0) is 45.4 Å². The molecule has 0 aromatic rings. The summed E-state index contributed by atoms with van der Waals surface area (Å²) in [6.45, 7) is 8.36.